The average molecular weight is 390 g/mol. The Kier molecular flexibility index (Phi) is 5.67. The molecule has 0 saturated heterocycles. The normalized spacial score (nSPS) is 15.0. The molecule has 1 aliphatic rings. The maximum Gasteiger partial charge on any atom is 0.224 e. The molecule has 1 aromatic heterocycles. The highest BCUT2D eigenvalue weighted by Gasteiger charge is 2.18. The van der Waals surface area contributed by atoms with E-state index in [9.17, 15) is 4.79 Å². The lowest BCUT2D eigenvalue weighted by Gasteiger charge is -2.31. The fourth-order valence-corrected chi connectivity index (χ4v) is 3.88. The van der Waals surface area contributed by atoms with Crippen molar-refractivity contribution in [2.75, 3.05) is 13.1 Å². The first kappa shape index (κ1) is 19.3. The minimum Gasteiger partial charge on any atom is -0.352 e. The SMILES string of the molecule is Cc1nnnn1-c1ccc(CC(=O)NC(C)CN2CCc3ccccc3C2)cc1. The van der Waals surface area contributed by atoms with Gasteiger partial charge in [-0.25, -0.2) is 0 Å². The highest BCUT2D eigenvalue weighted by molar-refractivity contribution is 5.78. The molecule has 4 rings (SSSR count). The number of aryl methyl sites for hydroxylation is 1. The van der Waals surface area contributed by atoms with Crippen LogP contribution in [0.1, 0.15) is 29.4 Å². The van der Waals surface area contributed by atoms with Gasteiger partial charge in [-0.3, -0.25) is 9.69 Å². The molecule has 7 heteroatoms. The van der Waals surface area contributed by atoms with E-state index in [0.717, 1.165) is 43.1 Å². The van der Waals surface area contributed by atoms with Crippen molar-refractivity contribution < 1.29 is 4.79 Å². The van der Waals surface area contributed by atoms with Gasteiger partial charge in [-0.1, -0.05) is 36.4 Å². The first-order chi connectivity index (χ1) is 14.1. The van der Waals surface area contributed by atoms with Gasteiger partial charge >= 0.3 is 0 Å². The van der Waals surface area contributed by atoms with Crippen molar-refractivity contribution in [2.45, 2.75) is 39.3 Å². The zero-order valence-electron chi connectivity index (χ0n) is 16.9. The van der Waals surface area contributed by atoms with Crippen LogP contribution in [0.15, 0.2) is 48.5 Å². The Hall–Kier alpha value is -3.06. The number of carbonyl (C=O) groups is 1. The van der Waals surface area contributed by atoms with E-state index in [2.05, 4.69) is 56.9 Å². The second kappa shape index (κ2) is 8.53. The molecule has 0 radical (unpaired) electrons. The van der Waals surface area contributed by atoms with Gasteiger partial charge in [0.1, 0.15) is 0 Å². The first-order valence-electron chi connectivity index (χ1n) is 10.0. The van der Waals surface area contributed by atoms with Crippen LogP contribution in [0, 0.1) is 6.92 Å². The molecule has 29 heavy (non-hydrogen) atoms. The summed E-state index contributed by atoms with van der Waals surface area (Å²) in [6, 6.07) is 16.5. The molecule has 0 fully saturated rings. The van der Waals surface area contributed by atoms with Crippen LogP contribution in [-0.2, 0) is 24.2 Å². The number of benzene rings is 2. The summed E-state index contributed by atoms with van der Waals surface area (Å²) in [5, 5.41) is 14.6. The number of nitrogens with zero attached hydrogens (tertiary/aromatic N) is 5. The van der Waals surface area contributed by atoms with E-state index in [1.165, 1.54) is 11.1 Å². The van der Waals surface area contributed by atoms with Crippen LogP contribution in [0.5, 0.6) is 0 Å². The molecule has 0 aliphatic carbocycles. The van der Waals surface area contributed by atoms with Crippen LogP contribution in [0.3, 0.4) is 0 Å². The molecule has 2 heterocycles. The minimum absolute atomic E-state index is 0.0428. The van der Waals surface area contributed by atoms with E-state index in [-0.39, 0.29) is 11.9 Å². The Morgan fingerprint density at radius 3 is 2.62 bits per heavy atom. The average Bonchev–Trinajstić information content (AvgIpc) is 3.14. The maximum absolute atomic E-state index is 12.5. The molecule has 7 nitrogen and oxygen atoms in total. The largest absolute Gasteiger partial charge is 0.352 e. The van der Waals surface area contributed by atoms with Gasteiger partial charge < -0.3 is 5.32 Å². The summed E-state index contributed by atoms with van der Waals surface area (Å²) in [7, 11) is 0. The molecule has 0 saturated carbocycles. The van der Waals surface area contributed by atoms with Crippen molar-refractivity contribution in [1.29, 1.82) is 0 Å². The van der Waals surface area contributed by atoms with Crippen molar-refractivity contribution in [1.82, 2.24) is 30.4 Å². The number of amides is 1. The fourth-order valence-electron chi connectivity index (χ4n) is 3.88. The van der Waals surface area contributed by atoms with Gasteiger partial charge in [-0.05, 0) is 59.5 Å². The summed E-state index contributed by atoms with van der Waals surface area (Å²) in [6.45, 7) is 6.77. The number of tetrazole rings is 1. The Morgan fingerprint density at radius 1 is 1.14 bits per heavy atom. The van der Waals surface area contributed by atoms with E-state index < -0.39 is 0 Å². The van der Waals surface area contributed by atoms with Gasteiger partial charge in [0.25, 0.3) is 0 Å². The zero-order valence-corrected chi connectivity index (χ0v) is 16.9. The predicted octanol–water partition coefficient (Wildman–Crippen LogP) is 2.08. The number of hydrogen-bond acceptors (Lipinski definition) is 5. The summed E-state index contributed by atoms with van der Waals surface area (Å²) >= 11 is 0. The van der Waals surface area contributed by atoms with E-state index in [1.54, 1.807) is 4.68 Å². The topological polar surface area (TPSA) is 75.9 Å². The fraction of sp³-hybridized carbons (Fsp3) is 0.364. The third kappa shape index (κ3) is 4.68. The van der Waals surface area contributed by atoms with Gasteiger partial charge in [0.05, 0.1) is 12.1 Å². The number of fused-ring (bicyclic) bond motifs is 1. The lowest BCUT2D eigenvalue weighted by Crippen LogP contribution is -2.44. The van der Waals surface area contributed by atoms with Crippen molar-refractivity contribution in [3.8, 4) is 5.69 Å². The Balaban J connectivity index is 1.28. The van der Waals surface area contributed by atoms with Gasteiger partial charge in [0, 0.05) is 25.7 Å². The third-order valence-electron chi connectivity index (χ3n) is 5.32. The zero-order chi connectivity index (χ0) is 20.2. The minimum atomic E-state index is 0.0428. The van der Waals surface area contributed by atoms with Crippen LogP contribution >= 0.6 is 0 Å². The van der Waals surface area contributed by atoms with E-state index >= 15 is 0 Å². The summed E-state index contributed by atoms with van der Waals surface area (Å²) in [5.41, 5.74) is 4.70. The smallest absolute Gasteiger partial charge is 0.224 e. The van der Waals surface area contributed by atoms with Gasteiger partial charge in [0.15, 0.2) is 5.82 Å². The van der Waals surface area contributed by atoms with Gasteiger partial charge in [0.2, 0.25) is 5.91 Å². The van der Waals surface area contributed by atoms with Crippen LogP contribution in [0.4, 0.5) is 0 Å². The number of hydrogen-bond donors (Lipinski definition) is 1. The van der Waals surface area contributed by atoms with Crippen LogP contribution in [0.25, 0.3) is 5.69 Å². The predicted molar refractivity (Wildman–Crippen MR) is 111 cm³/mol. The van der Waals surface area contributed by atoms with E-state index in [1.807, 2.05) is 31.2 Å². The molecule has 1 atom stereocenters. The number of rotatable bonds is 6. The maximum atomic E-state index is 12.5. The van der Waals surface area contributed by atoms with E-state index in [0.29, 0.717) is 6.42 Å². The molecule has 1 aliphatic heterocycles. The summed E-state index contributed by atoms with van der Waals surface area (Å²) < 4.78 is 1.67. The summed E-state index contributed by atoms with van der Waals surface area (Å²) in [5.74, 6) is 0.769. The van der Waals surface area contributed by atoms with Crippen molar-refractivity contribution in [3.63, 3.8) is 0 Å². The monoisotopic (exact) mass is 390 g/mol. The Bertz CT molecular complexity index is 981. The third-order valence-corrected chi connectivity index (χ3v) is 5.32. The molecule has 1 N–H and O–H groups in total. The lowest BCUT2D eigenvalue weighted by molar-refractivity contribution is -0.121. The highest BCUT2D eigenvalue weighted by Crippen LogP contribution is 2.18. The summed E-state index contributed by atoms with van der Waals surface area (Å²) in [4.78, 5) is 14.9. The van der Waals surface area contributed by atoms with Gasteiger partial charge in [-0.15, -0.1) is 5.10 Å². The van der Waals surface area contributed by atoms with Crippen molar-refractivity contribution >= 4 is 5.91 Å². The van der Waals surface area contributed by atoms with Crippen LogP contribution in [-0.4, -0.2) is 50.1 Å². The van der Waals surface area contributed by atoms with Crippen LogP contribution < -0.4 is 5.32 Å². The van der Waals surface area contributed by atoms with Crippen molar-refractivity contribution in [3.05, 3.63) is 71.0 Å². The molecule has 150 valence electrons. The summed E-state index contributed by atoms with van der Waals surface area (Å²) in [6.07, 6.45) is 1.44. The van der Waals surface area contributed by atoms with Crippen molar-refractivity contribution in [2.24, 2.45) is 0 Å². The number of aromatic nitrogens is 4. The second-order valence-electron chi connectivity index (χ2n) is 7.70. The number of carbonyl (C=O) groups excluding carboxylic acids is 1. The quantitative estimate of drug-likeness (QED) is 0.697. The lowest BCUT2D eigenvalue weighted by atomic mass is 9.99. The molecule has 1 unspecified atom stereocenters. The molecule has 1 amide bonds. The molecular formula is C22H26N6O. The molecule has 2 aromatic carbocycles. The standard InChI is InChI=1S/C22H26N6O/c1-16(14-27-12-11-19-5-3-4-6-20(19)15-27)23-22(29)13-18-7-9-21(10-8-18)28-17(2)24-25-26-28/h3-10,16H,11-15H2,1-2H3,(H,23,29). The highest BCUT2D eigenvalue weighted by atomic mass is 16.1. The first-order valence-corrected chi connectivity index (χ1v) is 10.0. The van der Waals surface area contributed by atoms with Gasteiger partial charge in [-0.2, -0.15) is 4.68 Å². The van der Waals surface area contributed by atoms with E-state index in [4.69, 9.17) is 0 Å². The molecule has 0 bridgehead atoms. The Labute approximate surface area is 170 Å². The number of nitrogens with one attached hydrogen (secondary N) is 1. The second-order valence-corrected chi connectivity index (χ2v) is 7.70. The molecule has 3 aromatic rings. The Morgan fingerprint density at radius 2 is 1.90 bits per heavy atom. The van der Waals surface area contributed by atoms with Crippen LogP contribution in [0.2, 0.25) is 0 Å². The molecule has 0 spiro atoms. The molecular weight excluding hydrogens is 364 g/mol.